The lowest BCUT2D eigenvalue weighted by molar-refractivity contribution is -0.0436. The molecule has 0 aliphatic heterocycles. The molecule has 0 fully saturated rings. The third-order valence-electron chi connectivity index (χ3n) is 9.74. The van der Waals surface area contributed by atoms with E-state index in [1.807, 2.05) is 18.2 Å². The van der Waals surface area contributed by atoms with Crippen molar-refractivity contribution in [3.05, 3.63) is 170 Å². The predicted molar refractivity (Wildman–Crippen MR) is 230 cm³/mol. The number of ether oxygens (including phenoxy) is 3. The van der Waals surface area contributed by atoms with Gasteiger partial charge in [0, 0.05) is 62.8 Å². The van der Waals surface area contributed by atoms with E-state index in [0.717, 1.165) is 41.3 Å². The normalized spacial score (nSPS) is 14.6. The molecule has 19 heteroatoms. The van der Waals surface area contributed by atoms with E-state index in [1.165, 1.54) is 30.3 Å². The highest BCUT2D eigenvalue weighted by Gasteiger charge is 2.47. The Kier molecular flexibility index (Phi) is 15.8. The van der Waals surface area contributed by atoms with E-state index in [2.05, 4.69) is 0 Å². The highest BCUT2D eigenvalue weighted by atomic mass is 35.5. The average molecular weight is 984 g/mol. The molecule has 2 unspecified atom stereocenters. The van der Waals surface area contributed by atoms with Gasteiger partial charge in [-0.1, -0.05) is 59.1 Å². The second-order valence-corrected chi connectivity index (χ2v) is 17.7. The lowest BCUT2D eigenvalue weighted by atomic mass is 10.1. The highest BCUT2D eigenvalue weighted by molar-refractivity contribution is 7.92. The zero-order valence-electron chi connectivity index (χ0n) is 33.4. The van der Waals surface area contributed by atoms with Gasteiger partial charge in [0.1, 0.15) is 51.9 Å². The van der Waals surface area contributed by atoms with Gasteiger partial charge in [-0.2, -0.15) is 13.2 Å². The fraction of sp³-hybridized carbons (Fsp3) is 0.196. The van der Waals surface area contributed by atoms with E-state index < -0.39 is 62.9 Å². The zero-order chi connectivity index (χ0) is 47.2. The SMILES string of the molecule is O=C1CCc2c(Oc3cc(F)cc(Cl)c3)cccc21.O=S(=O)(c1ccc(Oc2cc(F)cc(Cl)c2)c(CC(O)CO)c1)C(F)(F)F.OC1CCc2c(Oc3cc(F)cc(Cl)c3)cccc21. The molecule has 3 N–H and O–H groups in total. The van der Waals surface area contributed by atoms with Crippen LogP contribution in [0.15, 0.2) is 114 Å². The monoisotopic (exact) mass is 982 g/mol. The summed E-state index contributed by atoms with van der Waals surface area (Å²) in [5.74, 6) is 0.208. The van der Waals surface area contributed by atoms with Crippen molar-refractivity contribution in [3.63, 3.8) is 0 Å². The Labute approximate surface area is 383 Å². The summed E-state index contributed by atoms with van der Waals surface area (Å²) in [5.41, 5.74) is -2.20. The maximum Gasteiger partial charge on any atom is 0.501 e. The van der Waals surface area contributed by atoms with Gasteiger partial charge in [-0.3, -0.25) is 4.79 Å². The largest absolute Gasteiger partial charge is 0.501 e. The standard InChI is InChI=1S/C16H13ClF4O5S.C15H12ClFO2.C15H10ClFO2/c17-10-5-11(18)7-13(6-10)26-15-2-1-14(27(24,25)16(19,20)21)4-9(15)3-12(23)8-22;2*16-9-6-10(17)8-11(7-9)19-15-3-1-2-12-13(15)4-5-14(12)18/h1-2,4-7,12,22-23H,3,8H2;1-3,6-8,14,18H,4-5H2;1-3,6-8H,4-5H2. The summed E-state index contributed by atoms with van der Waals surface area (Å²) < 4.78 is 118. The lowest BCUT2D eigenvalue weighted by Crippen LogP contribution is -2.23. The van der Waals surface area contributed by atoms with Crippen LogP contribution in [0.3, 0.4) is 0 Å². The summed E-state index contributed by atoms with van der Waals surface area (Å²) in [6.07, 6.45) is 0.389. The molecule has 342 valence electrons. The predicted octanol–water partition coefficient (Wildman–Crippen LogP) is 12.1. The van der Waals surface area contributed by atoms with Gasteiger partial charge in [-0.15, -0.1) is 0 Å². The van der Waals surface area contributed by atoms with Gasteiger partial charge in [-0.05, 0) is 97.1 Å². The number of rotatable bonds is 10. The molecular weight excluding hydrogens is 949 g/mol. The maximum absolute atomic E-state index is 13.4. The van der Waals surface area contributed by atoms with Gasteiger partial charge in [0.2, 0.25) is 0 Å². The van der Waals surface area contributed by atoms with E-state index >= 15 is 0 Å². The number of benzene rings is 6. The van der Waals surface area contributed by atoms with Crippen molar-refractivity contribution in [2.75, 3.05) is 6.61 Å². The minimum atomic E-state index is -5.63. The minimum absolute atomic E-state index is 0.00166. The highest BCUT2D eigenvalue weighted by Crippen LogP contribution is 2.40. The van der Waals surface area contributed by atoms with Crippen molar-refractivity contribution in [1.82, 2.24) is 0 Å². The van der Waals surface area contributed by atoms with Crippen LogP contribution < -0.4 is 14.2 Å². The van der Waals surface area contributed by atoms with Gasteiger partial charge < -0.3 is 29.5 Å². The Morgan fingerprint density at radius 1 is 0.662 bits per heavy atom. The molecule has 0 aromatic heterocycles. The number of alkyl halides is 3. The molecule has 2 atom stereocenters. The Morgan fingerprint density at radius 3 is 1.68 bits per heavy atom. The maximum atomic E-state index is 13.4. The molecule has 2 aliphatic carbocycles. The Balaban J connectivity index is 0.000000165. The Morgan fingerprint density at radius 2 is 1.17 bits per heavy atom. The van der Waals surface area contributed by atoms with Crippen LogP contribution in [0.25, 0.3) is 0 Å². The molecule has 65 heavy (non-hydrogen) atoms. The van der Waals surface area contributed by atoms with Crippen molar-refractivity contribution < 1.29 is 69.1 Å². The first-order valence-corrected chi connectivity index (χ1v) is 21.9. The van der Waals surface area contributed by atoms with Gasteiger partial charge in [0.25, 0.3) is 9.84 Å². The van der Waals surface area contributed by atoms with Crippen molar-refractivity contribution in [2.45, 2.75) is 54.7 Å². The lowest BCUT2D eigenvalue weighted by Gasteiger charge is -2.16. The third-order valence-corrected chi connectivity index (χ3v) is 11.9. The molecule has 0 bridgehead atoms. The number of hydrogen-bond acceptors (Lipinski definition) is 9. The van der Waals surface area contributed by atoms with Gasteiger partial charge in [-0.25, -0.2) is 21.6 Å². The number of Topliss-reactive ketones (excluding diaryl/α,β-unsaturated/α-hetero) is 1. The molecule has 6 aromatic carbocycles. The minimum Gasteiger partial charge on any atom is -0.457 e. The zero-order valence-corrected chi connectivity index (χ0v) is 36.5. The number of sulfone groups is 1. The average Bonchev–Trinajstić information content (AvgIpc) is 3.80. The van der Waals surface area contributed by atoms with E-state index in [-0.39, 0.29) is 32.9 Å². The quantitative estimate of drug-likeness (QED) is 0.114. The van der Waals surface area contributed by atoms with Crippen LogP contribution in [0.4, 0.5) is 26.3 Å². The van der Waals surface area contributed by atoms with Crippen LogP contribution in [0.2, 0.25) is 15.1 Å². The first kappa shape index (κ1) is 49.1. The van der Waals surface area contributed by atoms with Crippen LogP contribution >= 0.6 is 34.8 Å². The van der Waals surface area contributed by atoms with E-state index in [1.54, 1.807) is 30.3 Å². The number of carbonyl (C=O) groups excluding carboxylic acids is 1. The van der Waals surface area contributed by atoms with E-state index in [4.69, 9.17) is 54.1 Å². The summed E-state index contributed by atoms with van der Waals surface area (Å²) in [6.45, 7) is -0.721. The summed E-state index contributed by atoms with van der Waals surface area (Å²) in [4.78, 5) is 10.6. The molecule has 0 saturated heterocycles. The second-order valence-electron chi connectivity index (χ2n) is 14.5. The van der Waals surface area contributed by atoms with Crippen molar-refractivity contribution in [2.24, 2.45) is 0 Å². The Bertz CT molecular complexity index is 2770. The summed E-state index contributed by atoms with van der Waals surface area (Å²) in [6, 6.07) is 24.4. The van der Waals surface area contributed by atoms with Crippen molar-refractivity contribution >= 4 is 50.4 Å². The van der Waals surface area contributed by atoms with E-state index in [0.29, 0.717) is 65.0 Å². The molecule has 0 radical (unpaired) electrons. The number of halogens is 9. The summed E-state index contributed by atoms with van der Waals surface area (Å²) in [5, 5.41) is 28.9. The third kappa shape index (κ3) is 12.5. The fourth-order valence-corrected chi connectivity index (χ4v) is 8.27. The summed E-state index contributed by atoms with van der Waals surface area (Å²) >= 11 is 17.3. The van der Waals surface area contributed by atoms with Crippen LogP contribution in [-0.4, -0.2) is 47.7 Å². The molecule has 8 rings (SSSR count). The van der Waals surface area contributed by atoms with Crippen LogP contribution in [0.5, 0.6) is 34.5 Å². The molecule has 0 spiro atoms. The molecule has 2 aliphatic rings. The molecule has 9 nitrogen and oxygen atoms in total. The number of aliphatic hydroxyl groups excluding tert-OH is 3. The second kappa shape index (κ2) is 20.9. The van der Waals surface area contributed by atoms with Crippen molar-refractivity contribution in [3.8, 4) is 34.5 Å². The first-order valence-electron chi connectivity index (χ1n) is 19.3. The topological polar surface area (TPSA) is 140 Å². The molecule has 6 aromatic rings. The fourth-order valence-electron chi connectivity index (χ4n) is 6.83. The molecule has 0 heterocycles. The number of hydrogen-bond donors (Lipinski definition) is 3. The van der Waals surface area contributed by atoms with Crippen LogP contribution in [-0.2, 0) is 29.1 Å². The smallest absolute Gasteiger partial charge is 0.457 e. The number of fused-ring (bicyclic) bond motifs is 2. The number of ketones is 1. The summed E-state index contributed by atoms with van der Waals surface area (Å²) in [7, 11) is -5.63. The molecule has 0 saturated carbocycles. The first-order chi connectivity index (χ1) is 30.7. The van der Waals surface area contributed by atoms with Gasteiger partial charge >= 0.3 is 5.51 Å². The van der Waals surface area contributed by atoms with Crippen LogP contribution in [0, 0.1) is 17.5 Å². The van der Waals surface area contributed by atoms with Crippen molar-refractivity contribution in [1.29, 1.82) is 0 Å². The van der Waals surface area contributed by atoms with Gasteiger partial charge in [0.15, 0.2) is 5.78 Å². The Hall–Kier alpha value is -5.33. The number of carbonyl (C=O) groups is 1. The van der Waals surface area contributed by atoms with Crippen LogP contribution in [0.1, 0.15) is 51.6 Å². The number of aliphatic hydroxyl groups is 3. The molecule has 0 amide bonds. The van der Waals surface area contributed by atoms with E-state index in [9.17, 15) is 49.8 Å². The van der Waals surface area contributed by atoms with Gasteiger partial charge in [0.05, 0.1) is 23.7 Å². The molecular formula is C46H35Cl3F6O9S.